The predicted octanol–water partition coefficient (Wildman–Crippen LogP) is 1.14. The van der Waals surface area contributed by atoms with Crippen LogP contribution in [0.3, 0.4) is 0 Å². The van der Waals surface area contributed by atoms with Gasteiger partial charge in [0, 0.05) is 0 Å². The lowest BCUT2D eigenvalue weighted by Gasteiger charge is -1.96. The monoisotopic (exact) mass is 211 g/mol. The van der Waals surface area contributed by atoms with Gasteiger partial charge in [0.25, 0.3) is 5.76 Å². The molecule has 0 radical (unpaired) electrons. The quantitative estimate of drug-likeness (QED) is 0.569. The fourth-order valence-electron chi connectivity index (χ4n) is 0.501. The largest absolute Gasteiger partial charge is 0.340 e. The van der Waals surface area contributed by atoms with E-state index in [1.54, 1.807) is 0 Å². The van der Waals surface area contributed by atoms with Crippen LogP contribution < -0.4 is 5.69 Å². The number of hydrogen-bond acceptors (Lipinski definition) is 4. The van der Waals surface area contributed by atoms with Gasteiger partial charge in [-0.1, -0.05) is 12.2 Å². The first-order valence-corrected chi connectivity index (χ1v) is 4.02. The number of rotatable bonds is 2. The fourth-order valence-corrected chi connectivity index (χ4v) is 1.21. The molecule has 1 aromatic heterocycles. The molecule has 1 aromatic rings. The van der Waals surface area contributed by atoms with Crippen LogP contribution >= 0.6 is 24.0 Å². The molecule has 0 aromatic carbocycles. The van der Waals surface area contributed by atoms with Crippen molar-refractivity contribution in [3.63, 3.8) is 0 Å². The van der Waals surface area contributed by atoms with Gasteiger partial charge in [0.2, 0.25) is 0 Å². The van der Waals surface area contributed by atoms with Crippen LogP contribution in [0.2, 0.25) is 0 Å². The Morgan fingerprint density at radius 2 is 2.25 bits per heavy atom. The average Bonchev–Trinajstić information content (AvgIpc) is 1.94. The Labute approximate surface area is 74.4 Å². The van der Waals surface area contributed by atoms with Crippen LogP contribution in [0.5, 0.6) is 0 Å². The summed E-state index contributed by atoms with van der Waals surface area (Å²) in [6.07, 6.45) is 0. The molecule has 0 aliphatic rings. The molecular formula is C4H3F2N3OS2. The highest BCUT2D eigenvalue weighted by molar-refractivity contribution is 7.99. The molecule has 0 amide bonds. The molecule has 66 valence electrons. The molecule has 0 saturated carbocycles. The Morgan fingerprint density at radius 1 is 1.58 bits per heavy atom. The van der Waals surface area contributed by atoms with Gasteiger partial charge in [0.1, 0.15) is 4.64 Å². The van der Waals surface area contributed by atoms with E-state index >= 15 is 0 Å². The number of halogens is 2. The summed E-state index contributed by atoms with van der Waals surface area (Å²) >= 11 is 4.75. The summed E-state index contributed by atoms with van der Waals surface area (Å²) in [5.74, 6) is -2.60. The van der Waals surface area contributed by atoms with Crippen molar-refractivity contribution in [1.82, 2.24) is 15.2 Å². The molecule has 1 heterocycles. The van der Waals surface area contributed by atoms with Gasteiger partial charge in [-0.05, 0) is 11.8 Å². The summed E-state index contributed by atoms with van der Waals surface area (Å²) in [7, 11) is 0. The standard InChI is InChI=1S/C4H3F2N3OS2/c5-3(6)12-2-1(11)7-4(10)9-8-2/h3H,(H2,7,9,10,11). The predicted molar refractivity (Wildman–Crippen MR) is 41.9 cm³/mol. The maximum Gasteiger partial charge on any atom is 0.340 e. The minimum absolute atomic E-state index is 0.0796. The minimum Gasteiger partial charge on any atom is -0.295 e. The van der Waals surface area contributed by atoms with Crippen molar-refractivity contribution in [2.24, 2.45) is 0 Å². The third kappa shape index (κ3) is 2.38. The molecule has 8 heteroatoms. The fraction of sp³-hybridized carbons (Fsp3) is 0.250. The first-order valence-electron chi connectivity index (χ1n) is 2.73. The molecule has 0 spiro atoms. The molecule has 12 heavy (non-hydrogen) atoms. The van der Waals surface area contributed by atoms with Crippen molar-refractivity contribution in [3.05, 3.63) is 15.1 Å². The van der Waals surface area contributed by atoms with E-state index in [9.17, 15) is 13.6 Å². The smallest absolute Gasteiger partial charge is 0.295 e. The van der Waals surface area contributed by atoms with Crippen LogP contribution in [0.1, 0.15) is 0 Å². The third-order valence-electron chi connectivity index (χ3n) is 0.881. The second kappa shape index (κ2) is 3.76. The van der Waals surface area contributed by atoms with E-state index in [0.29, 0.717) is 0 Å². The summed E-state index contributed by atoms with van der Waals surface area (Å²) in [5, 5.41) is 5.21. The van der Waals surface area contributed by atoms with Crippen molar-refractivity contribution >= 4 is 24.0 Å². The Bertz CT molecular complexity index is 373. The lowest BCUT2D eigenvalue weighted by Crippen LogP contribution is -2.12. The topological polar surface area (TPSA) is 61.5 Å². The summed E-state index contributed by atoms with van der Waals surface area (Å²) in [6.45, 7) is 0. The van der Waals surface area contributed by atoms with E-state index in [1.807, 2.05) is 5.10 Å². The molecule has 2 N–H and O–H groups in total. The average molecular weight is 211 g/mol. The molecule has 0 bridgehead atoms. The van der Waals surface area contributed by atoms with Crippen LogP contribution in [-0.2, 0) is 0 Å². The highest BCUT2D eigenvalue weighted by atomic mass is 32.2. The van der Waals surface area contributed by atoms with Crippen LogP contribution in [0.4, 0.5) is 8.78 Å². The van der Waals surface area contributed by atoms with E-state index < -0.39 is 11.4 Å². The van der Waals surface area contributed by atoms with E-state index in [-0.39, 0.29) is 21.4 Å². The van der Waals surface area contributed by atoms with Gasteiger partial charge in [-0.3, -0.25) is 4.98 Å². The highest BCUT2D eigenvalue weighted by Gasteiger charge is 2.08. The zero-order valence-electron chi connectivity index (χ0n) is 5.51. The van der Waals surface area contributed by atoms with Crippen molar-refractivity contribution in [2.45, 2.75) is 10.8 Å². The van der Waals surface area contributed by atoms with Crippen LogP contribution in [0.15, 0.2) is 9.82 Å². The van der Waals surface area contributed by atoms with Crippen molar-refractivity contribution in [3.8, 4) is 0 Å². The lowest BCUT2D eigenvalue weighted by molar-refractivity contribution is 0.251. The Hall–Kier alpha value is -0.760. The molecule has 0 saturated heterocycles. The zero-order chi connectivity index (χ0) is 9.14. The first kappa shape index (κ1) is 9.33. The van der Waals surface area contributed by atoms with E-state index in [4.69, 9.17) is 0 Å². The van der Waals surface area contributed by atoms with Gasteiger partial charge in [-0.25, -0.2) is 9.89 Å². The molecule has 0 aliphatic carbocycles. The summed E-state index contributed by atoms with van der Waals surface area (Å²) < 4.78 is 23.5. The molecule has 0 aliphatic heterocycles. The third-order valence-corrected chi connectivity index (χ3v) is 2.00. The summed E-state index contributed by atoms with van der Waals surface area (Å²) in [6, 6.07) is 0. The van der Waals surface area contributed by atoms with Gasteiger partial charge in [0.15, 0.2) is 5.03 Å². The van der Waals surface area contributed by atoms with E-state index in [0.717, 1.165) is 0 Å². The number of aromatic amines is 2. The lowest BCUT2D eigenvalue weighted by atomic mass is 10.9. The van der Waals surface area contributed by atoms with Crippen molar-refractivity contribution in [2.75, 3.05) is 0 Å². The zero-order valence-corrected chi connectivity index (χ0v) is 7.14. The Balaban J connectivity index is 3.02. The second-order valence-electron chi connectivity index (χ2n) is 1.69. The Morgan fingerprint density at radius 3 is 2.75 bits per heavy atom. The highest BCUT2D eigenvalue weighted by Crippen LogP contribution is 2.21. The number of alkyl halides is 2. The minimum atomic E-state index is -2.60. The molecule has 0 atom stereocenters. The number of thioether (sulfide) groups is 1. The maximum absolute atomic E-state index is 11.8. The molecular weight excluding hydrogens is 208 g/mol. The van der Waals surface area contributed by atoms with Gasteiger partial charge >= 0.3 is 5.69 Å². The number of hydrogen-bond donors (Lipinski definition) is 2. The van der Waals surface area contributed by atoms with Gasteiger partial charge < -0.3 is 0 Å². The number of nitrogens with zero attached hydrogens (tertiary/aromatic N) is 1. The first-order chi connectivity index (χ1) is 5.59. The molecule has 4 nitrogen and oxygen atoms in total. The molecule has 1 rings (SSSR count). The number of nitrogens with one attached hydrogen (secondary N) is 2. The van der Waals surface area contributed by atoms with Crippen molar-refractivity contribution in [1.29, 1.82) is 0 Å². The SMILES string of the molecule is O=c1[nH]nc(SC(F)F)c(=S)[nH]1. The normalized spacial score (nSPS) is 10.6. The van der Waals surface area contributed by atoms with Gasteiger partial charge in [0.05, 0.1) is 0 Å². The van der Waals surface area contributed by atoms with Crippen LogP contribution in [-0.4, -0.2) is 20.9 Å². The van der Waals surface area contributed by atoms with Gasteiger partial charge in [-0.2, -0.15) is 13.9 Å². The summed E-state index contributed by atoms with van der Waals surface area (Å²) in [5.41, 5.74) is -0.612. The second-order valence-corrected chi connectivity index (χ2v) is 3.08. The summed E-state index contributed by atoms with van der Waals surface area (Å²) in [4.78, 5) is 12.6. The van der Waals surface area contributed by atoms with E-state index in [1.165, 1.54) is 0 Å². The Kier molecular flexibility index (Phi) is 2.93. The van der Waals surface area contributed by atoms with Crippen LogP contribution in [0.25, 0.3) is 0 Å². The van der Waals surface area contributed by atoms with Gasteiger partial charge in [-0.15, -0.1) is 0 Å². The van der Waals surface area contributed by atoms with Crippen molar-refractivity contribution < 1.29 is 8.78 Å². The number of aromatic nitrogens is 3. The number of H-pyrrole nitrogens is 2. The van der Waals surface area contributed by atoms with Crippen LogP contribution in [0, 0.1) is 4.64 Å². The maximum atomic E-state index is 11.8. The molecule has 0 unspecified atom stereocenters. The van der Waals surface area contributed by atoms with E-state index in [2.05, 4.69) is 22.3 Å². The molecule has 0 fully saturated rings.